The maximum Gasteiger partial charge on any atom is 0.171 e. The summed E-state index contributed by atoms with van der Waals surface area (Å²) in [5, 5.41) is 0. The van der Waals surface area contributed by atoms with Crippen LogP contribution < -0.4 is 0 Å². The van der Waals surface area contributed by atoms with E-state index in [-0.39, 0.29) is 5.79 Å². The van der Waals surface area contributed by atoms with Gasteiger partial charge in [-0.05, 0) is 37.8 Å². The predicted molar refractivity (Wildman–Crippen MR) is 69.2 cm³/mol. The van der Waals surface area contributed by atoms with Crippen molar-refractivity contribution in [2.45, 2.75) is 44.3 Å². The molecule has 2 heterocycles. The van der Waals surface area contributed by atoms with Crippen LogP contribution in [0.5, 0.6) is 0 Å². The molecule has 1 aliphatic heterocycles. The van der Waals surface area contributed by atoms with Gasteiger partial charge in [-0.25, -0.2) is 0 Å². The first-order valence-corrected chi connectivity index (χ1v) is 7.07. The Hall–Kier alpha value is -0.930. The minimum Gasteiger partial charge on any atom is -0.347 e. The molecule has 3 rings (SSSR count). The van der Waals surface area contributed by atoms with Crippen molar-refractivity contribution in [3.05, 3.63) is 30.1 Å². The minimum absolute atomic E-state index is 0.257. The van der Waals surface area contributed by atoms with Gasteiger partial charge >= 0.3 is 0 Å². The summed E-state index contributed by atoms with van der Waals surface area (Å²) in [5.74, 6) is 0.281. The molecule has 3 heteroatoms. The minimum atomic E-state index is -0.257. The Labute approximate surface area is 109 Å². The molecule has 0 N–H and O–H groups in total. The summed E-state index contributed by atoms with van der Waals surface area (Å²) in [4.78, 5) is 4.40. The third-order valence-electron chi connectivity index (χ3n) is 4.20. The van der Waals surface area contributed by atoms with Crippen LogP contribution in [0.25, 0.3) is 0 Å². The van der Waals surface area contributed by atoms with Crippen molar-refractivity contribution in [1.82, 2.24) is 4.98 Å². The average molecular weight is 247 g/mol. The summed E-state index contributed by atoms with van der Waals surface area (Å²) in [6, 6.07) is 6.13. The summed E-state index contributed by atoms with van der Waals surface area (Å²) in [6.07, 6.45) is 8.86. The quantitative estimate of drug-likeness (QED) is 0.823. The van der Waals surface area contributed by atoms with Crippen LogP contribution in [0.4, 0.5) is 0 Å². The Balaban J connectivity index is 1.63. The van der Waals surface area contributed by atoms with Gasteiger partial charge in [0.05, 0.1) is 13.2 Å². The van der Waals surface area contributed by atoms with Crippen molar-refractivity contribution in [2.24, 2.45) is 5.92 Å². The first-order valence-electron chi connectivity index (χ1n) is 7.07. The summed E-state index contributed by atoms with van der Waals surface area (Å²) >= 11 is 0. The van der Waals surface area contributed by atoms with Crippen LogP contribution in [-0.4, -0.2) is 24.0 Å². The Bertz CT molecular complexity index is 373. The van der Waals surface area contributed by atoms with E-state index in [2.05, 4.69) is 17.1 Å². The highest BCUT2D eigenvalue weighted by atomic mass is 16.7. The molecule has 18 heavy (non-hydrogen) atoms. The first kappa shape index (κ1) is 12.1. The fourth-order valence-electron chi connectivity index (χ4n) is 3.27. The van der Waals surface area contributed by atoms with E-state index in [0.717, 1.165) is 32.5 Å². The van der Waals surface area contributed by atoms with Crippen LogP contribution in [0.1, 0.15) is 37.8 Å². The molecule has 0 aromatic carbocycles. The molecule has 0 unspecified atom stereocenters. The zero-order valence-electron chi connectivity index (χ0n) is 10.8. The second-order valence-electron chi connectivity index (χ2n) is 5.31. The highest BCUT2D eigenvalue weighted by Gasteiger charge is 2.45. The summed E-state index contributed by atoms with van der Waals surface area (Å²) < 4.78 is 11.9. The number of aromatic nitrogens is 1. The number of rotatable bonds is 3. The molecule has 1 saturated carbocycles. The van der Waals surface area contributed by atoms with Crippen molar-refractivity contribution in [2.75, 3.05) is 13.2 Å². The first-order chi connectivity index (χ1) is 8.89. The number of pyridine rings is 1. The van der Waals surface area contributed by atoms with Crippen LogP contribution in [0.15, 0.2) is 24.4 Å². The van der Waals surface area contributed by atoms with Crippen molar-refractivity contribution < 1.29 is 9.47 Å². The molecule has 3 nitrogen and oxygen atoms in total. The molecule has 98 valence electrons. The smallest absolute Gasteiger partial charge is 0.171 e. The van der Waals surface area contributed by atoms with Gasteiger partial charge in [-0.3, -0.25) is 4.98 Å². The maximum atomic E-state index is 5.94. The Kier molecular flexibility index (Phi) is 3.62. The molecular formula is C15H21NO2. The Morgan fingerprint density at radius 3 is 2.89 bits per heavy atom. The van der Waals surface area contributed by atoms with E-state index < -0.39 is 0 Å². The van der Waals surface area contributed by atoms with Crippen LogP contribution in [0.3, 0.4) is 0 Å². The fraction of sp³-hybridized carbons (Fsp3) is 0.667. The molecule has 1 atom stereocenters. The largest absolute Gasteiger partial charge is 0.347 e. The van der Waals surface area contributed by atoms with Crippen LogP contribution in [0, 0.1) is 5.92 Å². The van der Waals surface area contributed by atoms with Gasteiger partial charge in [0.25, 0.3) is 0 Å². The van der Waals surface area contributed by atoms with Gasteiger partial charge in [0.1, 0.15) is 0 Å². The molecule has 1 aliphatic carbocycles. The van der Waals surface area contributed by atoms with E-state index in [0.29, 0.717) is 5.92 Å². The fourth-order valence-corrected chi connectivity index (χ4v) is 3.27. The molecule has 1 aromatic heterocycles. The highest BCUT2D eigenvalue weighted by molar-refractivity contribution is 5.04. The molecule has 2 aliphatic rings. The SMILES string of the molecule is c1ccc(CC[C@@H]2CCCCC23OCCO3)nc1. The Morgan fingerprint density at radius 1 is 1.22 bits per heavy atom. The second-order valence-corrected chi connectivity index (χ2v) is 5.31. The van der Waals surface area contributed by atoms with Crippen molar-refractivity contribution in [1.29, 1.82) is 0 Å². The third kappa shape index (κ3) is 2.43. The van der Waals surface area contributed by atoms with Crippen LogP contribution in [-0.2, 0) is 15.9 Å². The lowest BCUT2D eigenvalue weighted by atomic mass is 9.80. The average Bonchev–Trinajstić information content (AvgIpc) is 2.88. The van der Waals surface area contributed by atoms with E-state index in [1.165, 1.54) is 25.0 Å². The van der Waals surface area contributed by atoms with E-state index in [1.807, 2.05) is 12.3 Å². The Morgan fingerprint density at radius 2 is 2.11 bits per heavy atom. The number of ether oxygens (including phenoxy) is 2. The van der Waals surface area contributed by atoms with Gasteiger partial charge in [-0.15, -0.1) is 0 Å². The number of hydrogen-bond acceptors (Lipinski definition) is 3. The summed E-state index contributed by atoms with van der Waals surface area (Å²) in [6.45, 7) is 1.53. The van der Waals surface area contributed by atoms with Crippen molar-refractivity contribution >= 4 is 0 Å². The van der Waals surface area contributed by atoms with Gasteiger partial charge in [0.15, 0.2) is 5.79 Å². The standard InChI is InChI=1S/C15H21NO2/c1-3-9-15(17-11-12-18-15)13(5-1)7-8-14-6-2-4-10-16-14/h2,4,6,10,13H,1,3,5,7-9,11-12H2/t13-/m0/s1. The molecule has 0 amide bonds. The van der Waals surface area contributed by atoms with E-state index >= 15 is 0 Å². The predicted octanol–water partition coefficient (Wildman–Crippen LogP) is 2.95. The van der Waals surface area contributed by atoms with Gasteiger partial charge in [0, 0.05) is 24.2 Å². The summed E-state index contributed by atoms with van der Waals surface area (Å²) in [5.41, 5.74) is 1.18. The zero-order valence-corrected chi connectivity index (χ0v) is 10.8. The van der Waals surface area contributed by atoms with Crippen LogP contribution >= 0.6 is 0 Å². The van der Waals surface area contributed by atoms with Crippen LogP contribution in [0.2, 0.25) is 0 Å². The lowest BCUT2D eigenvalue weighted by Crippen LogP contribution is -2.42. The van der Waals surface area contributed by atoms with E-state index in [1.54, 1.807) is 0 Å². The molecule has 1 saturated heterocycles. The van der Waals surface area contributed by atoms with E-state index in [9.17, 15) is 0 Å². The van der Waals surface area contributed by atoms with Crippen molar-refractivity contribution in [3.63, 3.8) is 0 Å². The molecule has 0 radical (unpaired) electrons. The monoisotopic (exact) mass is 247 g/mol. The highest BCUT2D eigenvalue weighted by Crippen LogP contribution is 2.42. The molecule has 2 fully saturated rings. The molecule has 1 aromatic rings. The van der Waals surface area contributed by atoms with Gasteiger partial charge < -0.3 is 9.47 Å². The van der Waals surface area contributed by atoms with E-state index in [4.69, 9.17) is 9.47 Å². The second kappa shape index (κ2) is 5.37. The van der Waals surface area contributed by atoms with Gasteiger partial charge in [-0.2, -0.15) is 0 Å². The molecular weight excluding hydrogens is 226 g/mol. The number of aryl methyl sites for hydroxylation is 1. The van der Waals surface area contributed by atoms with Gasteiger partial charge in [-0.1, -0.05) is 12.5 Å². The summed E-state index contributed by atoms with van der Waals surface area (Å²) in [7, 11) is 0. The lowest BCUT2D eigenvalue weighted by molar-refractivity contribution is -0.213. The number of nitrogens with zero attached hydrogens (tertiary/aromatic N) is 1. The normalized spacial score (nSPS) is 26.6. The van der Waals surface area contributed by atoms with Gasteiger partial charge in [0.2, 0.25) is 0 Å². The maximum absolute atomic E-state index is 5.94. The molecule has 0 bridgehead atoms. The zero-order chi connectivity index (χ0) is 12.3. The third-order valence-corrected chi connectivity index (χ3v) is 4.20. The number of hydrogen-bond donors (Lipinski definition) is 0. The van der Waals surface area contributed by atoms with Crippen molar-refractivity contribution in [3.8, 4) is 0 Å². The lowest BCUT2D eigenvalue weighted by Gasteiger charge is -2.39. The topological polar surface area (TPSA) is 31.4 Å². The molecule has 1 spiro atoms.